The maximum Gasteiger partial charge on any atom is 0.206 e. The van der Waals surface area contributed by atoms with E-state index in [9.17, 15) is 0 Å². The van der Waals surface area contributed by atoms with E-state index in [0.717, 1.165) is 39.5 Å². The van der Waals surface area contributed by atoms with E-state index in [-0.39, 0.29) is 0 Å². The third-order valence-electron chi connectivity index (χ3n) is 2.17. The van der Waals surface area contributed by atoms with Crippen LogP contribution < -0.4 is 5.32 Å². The van der Waals surface area contributed by atoms with Gasteiger partial charge in [-0.15, -0.1) is 21.5 Å². The number of nitrogens with zero attached hydrogens (tertiary/aromatic N) is 4. The second kappa shape index (κ2) is 6.21. The number of anilines is 1. The Labute approximate surface area is 115 Å². The predicted octanol–water partition coefficient (Wildman–Crippen LogP) is 2.55. The van der Waals surface area contributed by atoms with Gasteiger partial charge in [0.15, 0.2) is 5.01 Å². The summed E-state index contributed by atoms with van der Waals surface area (Å²) in [5.74, 6) is 0. The summed E-state index contributed by atoms with van der Waals surface area (Å²) in [7, 11) is 4.08. The van der Waals surface area contributed by atoms with Gasteiger partial charge in [-0.2, -0.15) is 0 Å². The Balaban J connectivity index is 2.06. The molecular formula is C11H17N5S2. The fourth-order valence-corrected chi connectivity index (χ4v) is 3.22. The van der Waals surface area contributed by atoms with E-state index in [1.807, 2.05) is 20.3 Å². The Morgan fingerprint density at radius 2 is 2.11 bits per heavy atom. The predicted molar refractivity (Wildman–Crippen MR) is 77.2 cm³/mol. The van der Waals surface area contributed by atoms with Crippen LogP contribution in [0.15, 0.2) is 6.20 Å². The van der Waals surface area contributed by atoms with Gasteiger partial charge in [-0.05, 0) is 20.5 Å². The molecule has 0 atom stereocenters. The number of thiazole rings is 1. The molecule has 5 nitrogen and oxygen atoms in total. The summed E-state index contributed by atoms with van der Waals surface area (Å²) < 4.78 is 0. The molecule has 7 heteroatoms. The van der Waals surface area contributed by atoms with Crippen molar-refractivity contribution in [2.75, 3.05) is 26.0 Å². The van der Waals surface area contributed by atoms with Crippen molar-refractivity contribution < 1.29 is 0 Å². The third kappa shape index (κ3) is 3.47. The summed E-state index contributed by atoms with van der Waals surface area (Å²) in [6.45, 7) is 3.93. The van der Waals surface area contributed by atoms with Gasteiger partial charge in [0.25, 0.3) is 0 Å². The van der Waals surface area contributed by atoms with Crippen molar-refractivity contribution in [3.05, 3.63) is 11.2 Å². The monoisotopic (exact) mass is 283 g/mol. The first-order valence-electron chi connectivity index (χ1n) is 5.86. The smallest absolute Gasteiger partial charge is 0.206 e. The van der Waals surface area contributed by atoms with Gasteiger partial charge in [-0.3, -0.25) is 0 Å². The van der Waals surface area contributed by atoms with Crippen LogP contribution in [0.25, 0.3) is 9.88 Å². The molecule has 0 spiro atoms. The summed E-state index contributed by atoms with van der Waals surface area (Å²) in [6.07, 6.45) is 2.97. The van der Waals surface area contributed by atoms with Gasteiger partial charge in [-0.1, -0.05) is 18.3 Å². The summed E-state index contributed by atoms with van der Waals surface area (Å²) in [5.41, 5.74) is 0. The minimum absolute atomic E-state index is 0.865. The number of hydrogen-bond donors (Lipinski definition) is 1. The second-order valence-electron chi connectivity index (χ2n) is 4.20. The lowest BCUT2D eigenvalue weighted by atomic mass is 10.5. The summed E-state index contributed by atoms with van der Waals surface area (Å²) >= 11 is 3.26. The van der Waals surface area contributed by atoms with Gasteiger partial charge in [0, 0.05) is 19.3 Å². The van der Waals surface area contributed by atoms with E-state index in [1.54, 1.807) is 22.7 Å². The number of rotatable bonds is 6. The molecule has 0 aromatic carbocycles. The first-order valence-corrected chi connectivity index (χ1v) is 7.49. The van der Waals surface area contributed by atoms with E-state index in [4.69, 9.17) is 0 Å². The van der Waals surface area contributed by atoms with Crippen LogP contribution in [-0.4, -0.2) is 40.7 Å². The second-order valence-corrected chi connectivity index (χ2v) is 6.29. The molecule has 0 fully saturated rings. The van der Waals surface area contributed by atoms with Crippen molar-refractivity contribution in [3.8, 4) is 9.88 Å². The molecule has 0 radical (unpaired) electrons. The molecule has 2 rings (SSSR count). The standard InChI is InChI=1S/C11H17N5S2/c1-4-5-12-11-15-14-10(18-11)8-6-13-9(17-8)7-16(2)3/h6H,4-5,7H2,1-3H3,(H,12,15). The Morgan fingerprint density at radius 3 is 2.83 bits per heavy atom. The molecule has 0 saturated carbocycles. The van der Waals surface area contributed by atoms with E-state index < -0.39 is 0 Å². The van der Waals surface area contributed by atoms with Crippen molar-refractivity contribution >= 4 is 27.8 Å². The van der Waals surface area contributed by atoms with Crippen LogP contribution in [-0.2, 0) is 6.54 Å². The highest BCUT2D eigenvalue weighted by atomic mass is 32.1. The van der Waals surface area contributed by atoms with Gasteiger partial charge in [0.1, 0.15) is 5.01 Å². The maximum atomic E-state index is 4.40. The van der Waals surface area contributed by atoms with Crippen LogP contribution in [0, 0.1) is 0 Å². The zero-order chi connectivity index (χ0) is 13.0. The fourth-order valence-electron chi connectivity index (χ4n) is 1.38. The van der Waals surface area contributed by atoms with Crippen molar-refractivity contribution in [3.63, 3.8) is 0 Å². The molecule has 0 aliphatic rings. The van der Waals surface area contributed by atoms with Crippen LogP contribution in [0.3, 0.4) is 0 Å². The topological polar surface area (TPSA) is 53.9 Å². The van der Waals surface area contributed by atoms with Crippen molar-refractivity contribution in [2.45, 2.75) is 19.9 Å². The molecule has 2 heterocycles. The molecule has 0 amide bonds. The molecule has 0 saturated heterocycles. The van der Waals surface area contributed by atoms with Crippen molar-refractivity contribution in [1.29, 1.82) is 0 Å². The van der Waals surface area contributed by atoms with Crippen LogP contribution in [0.5, 0.6) is 0 Å². The third-order valence-corrected chi connectivity index (χ3v) is 4.20. The molecule has 0 aliphatic heterocycles. The highest BCUT2D eigenvalue weighted by molar-refractivity contribution is 7.23. The number of aromatic nitrogens is 3. The Hall–Kier alpha value is -1.05. The molecule has 98 valence electrons. The fraction of sp³-hybridized carbons (Fsp3) is 0.545. The zero-order valence-corrected chi connectivity index (χ0v) is 12.4. The van der Waals surface area contributed by atoms with Gasteiger partial charge in [0.2, 0.25) is 5.13 Å². The number of hydrogen-bond acceptors (Lipinski definition) is 7. The Bertz CT molecular complexity index is 491. The largest absolute Gasteiger partial charge is 0.360 e. The molecule has 0 unspecified atom stereocenters. The van der Waals surface area contributed by atoms with Crippen LogP contribution in [0.1, 0.15) is 18.4 Å². The van der Waals surface area contributed by atoms with E-state index in [2.05, 4.69) is 32.3 Å². The van der Waals surface area contributed by atoms with Gasteiger partial charge in [-0.25, -0.2) is 4.98 Å². The summed E-state index contributed by atoms with van der Waals surface area (Å²) in [4.78, 5) is 7.60. The van der Waals surface area contributed by atoms with E-state index >= 15 is 0 Å². The van der Waals surface area contributed by atoms with Gasteiger partial charge in [0.05, 0.1) is 4.88 Å². The van der Waals surface area contributed by atoms with Crippen LogP contribution in [0.2, 0.25) is 0 Å². The lowest BCUT2D eigenvalue weighted by molar-refractivity contribution is 0.401. The summed E-state index contributed by atoms with van der Waals surface area (Å²) in [6, 6.07) is 0. The minimum Gasteiger partial charge on any atom is -0.360 e. The zero-order valence-electron chi connectivity index (χ0n) is 10.8. The molecule has 2 aromatic rings. The molecular weight excluding hydrogens is 266 g/mol. The summed E-state index contributed by atoms with van der Waals surface area (Å²) in [5, 5.41) is 14.5. The maximum absolute atomic E-state index is 4.40. The molecule has 0 aliphatic carbocycles. The Morgan fingerprint density at radius 1 is 1.28 bits per heavy atom. The number of nitrogens with one attached hydrogen (secondary N) is 1. The lowest BCUT2D eigenvalue weighted by Crippen LogP contribution is -2.09. The van der Waals surface area contributed by atoms with Gasteiger partial charge >= 0.3 is 0 Å². The normalized spacial score (nSPS) is 11.1. The highest BCUT2D eigenvalue weighted by Crippen LogP contribution is 2.30. The van der Waals surface area contributed by atoms with Gasteiger partial charge < -0.3 is 10.2 Å². The quantitative estimate of drug-likeness (QED) is 0.883. The van der Waals surface area contributed by atoms with Crippen LogP contribution >= 0.6 is 22.7 Å². The molecule has 1 N–H and O–H groups in total. The lowest BCUT2D eigenvalue weighted by Gasteiger charge is -2.04. The van der Waals surface area contributed by atoms with E-state index in [0.29, 0.717) is 0 Å². The average Bonchev–Trinajstić information content (AvgIpc) is 2.94. The average molecular weight is 283 g/mol. The first-order chi connectivity index (χ1) is 8.69. The molecule has 2 aromatic heterocycles. The SMILES string of the molecule is CCCNc1nnc(-c2cnc(CN(C)C)s2)s1. The van der Waals surface area contributed by atoms with E-state index in [1.165, 1.54) is 0 Å². The van der Waals surface area contributed by atoms with Crippen molar-refractivity contribution in [1.82, 2.24) is 20.1 Å². The highest BCUT2D eigenvalue weighted by Gasteiger charge is 2.10. The Kier molecular flexibility index (Phi) is 4.62. The minimum atomic E-state index is 0.865. The van der Waals surface area contributed by atoms with Crippen LogP contribution in [0.4, 0.5) is 5.13 Å². The molecule has 18 heavy (non-hydrogen) atoms. The molecule has 0 bridgehead atoms. The van der Waals surface area contributed by atoms with Crippen molar-refractivity contribution in [2.24, 2.45) is 0 Å². The first kappa shape index (κ1) is 13.4.